The first kappa shape index (κ1) is 24.2. The van der Waals surface area contributed by atoms with E-state index >= 15 is 0 Å². The zero-order valence-corrected chi connectivity index (χ0v) is 19.4. The largest absolute Gasteiger partial charge is 0.379 e. The molecule has 0 radical (unpaired) electrons. The molecule has 1 aliphatic rings. The van der Waals surface area contributed by atoms with Gasteiger partial charge in [0.1, 0.15) is 6.04 Å². The molecule has 2 aromatic rings. The third kappa shape index (κ3) is 5.86. The average Bonchev–Trinajstić information content (AvgIpc) is 2.78. The van der Waals surface area contributed by atoms with Gasteiger partial charge in [-0.25, -0.2) is 8.42 Å². The van der Waals surface area contributed by atoms with Gasteiger partial charge < -0.3 is 15.4 Å². The second kappa shape index (κ2) is 10.4. The maximum absolute atomic E-state index is 12.9. The Morgan fingerprint density at radius 1 is 1.06 bits per heavy atom. The van der Waals surface area contributed by atoms with Crippen molar-refractivity contribution in [2.24, 2.45) is 5.92 Å². The second-order valence-corrected chi connectivity index (χ2v) is 10.1. The molecule has 32 heavy (non-hydrogen) atoms. The topological polar surface area (TPSA) is 105 Å². The highest BCUT2D eigenvalue weighted by Gasteiger charge is 2.28. The summed E-state index contributed by atoms with van der Waals surface area (Å²) in [5.41, 5.74) is 0.710. The normalized spacial score (nSPS) is 15.9. The summed E-state index contributed by atoms with van der Waals surface area (Å²) in [6, 6.07) is 11.6. The van der Waals surface area contributed by atoms with E-state index in [4.69, 9.17) is 16.3 Å². The smallest absolute Gasteiger partial charge is 0.251 e. The van der Waals surface area contributed by atoms with Crippen LogP contribution in [0.2, 0.25) is 5.02 Å². The lowest BCUT2D eigenvalue weighted by atomic mass is 10.0. The van der Waals surface area contributed by atoms with Crippen molar-refractivity contribution >= 4 is 39.1 Å². The van der Waals surface area contributed by atoms with Crippen LogP contribution in [-0.4, -0.2) is 56.9 Å². The molecule has 1 atom stereocenters. The molecule has 0 aromatic heterocycles. The lowest BCUT2D eigenvalue weighted by Gasteiger charge is -2.26. The molecule has 1 fully saturated rings. The van der Waals surface area contributed by atoms with Crippen LogP contribution >= 0.6 is 11.6 Å². The van der Waals surface area contributed by atoms with Crippen LogP contribution in [0.1, 0.15) is 24.2 Å². The average molecular weight is 480 g/mol. The van der Waals surface area contributed by atoms with Crippen LogP contribution in [0, 0.1) is 5.92 Å². The van der Waals surface area contributed by atoms with Crippen molar-refractivity contribution in [1.82, 2.24) is 9.62 Å². The van der Waals surface area contributed by atoms with Crippen molar-refractivity contribution in [2.75, 3.05) is 31.6 Å². The Kier molecular flexibility index (Phi) is 7.89. The molecular weight excluding hydrogens is 454 g/mol. The molecule has 0 bridgehead atoms. The highest BCUT2D eigenvalue weighted by molar-refractivity contribution is 7.89. The number of carbonyl (C=O) groups is 2. The van der Waals surface area contributed by atoms with Gasteiger partial charge in [-0.1, -0.05) is 31.5 Å². The number of ether oxygens (including phenoxy) is 1. The molecule has 0 aliphatic carbocycles. The first-order valence-electron chi connectivity index (χ1n) is 10.2. The summed E-state index contributed by atoms with van der Waals surface area (Å²) < 4.78 is 32.4. The standard InChI is InChI=1S/C22H26ClN3O5S/c1-15(2)20(25-21(27)16-6-8-17(23)9-7-16)22(28)24-18-4-3-5-19(14-18)32(29,30)26-10-12-31-13-11-26/h3-9,14-15,20H,10-13H2,1-2H3,(H,24,28)(H,25,27)/t20-/m1/s1. The van der Waals surface area contributed by atoms with Gasteiger partial charge in [0, 0.05) is 29.4 Å². The number of carbonyl (C=O) groups excluding carboxylic acids is 2. The number of nitrogens with zero attached hydrogens (tertiary/aromatic N) is 1. The van der Waals surface area contributed by atoms with Crippen LogP contribution in [0.3, 0.4) is 0 Å². The summed E-state index contributed by atoms with van der Waals surface area (Å²) in [5.74, 6) is -1.05. The highest BCUT2D eigenvalue weighted by Crippen LogP contribution is 2.21. The number of amides is 2. The number of sulfonamides is 1. The Morgan fingerprint density at radius 3 is 2.34 bits per heavy atom. The third-order valence-corrected chi connectivity index (χ3v) is 7.20. The maximum Gasteiger partial charge on any atom is 0.251 e. The van der Waals surface area contributed by atoms with Gasteiger partial charge in [-0.05, 0) is 48.4 Å². The van der Waals surface area contributed by atoms with Gasteiger partial charge in [-0.15, -0.1) is 0 Å². The number of hydrogen-bond donors (Lipinski definition) is 2. The molecule has 0 saturated carbocycles. The maximum atomic E-state index is 12.9. The van der Waals surface area contributed by atoms with Gasteiger partial charge in [-0.2, -0.15) is 4.31 Å². The van der Waals surface area contributed by atoms with Crippen molar-refractivity contribution in [3.05, 3.63) is 59.1 Å². The number of hydrogen-bond acceptors (Lipinski definition) is 5. The Hall–Kier alpha value is -2.46. The monoisotopic (exact) mass is 479 g/mol. The van der Waals surface area contributed by atoms with E-state index in [0.717, 1.165) is 0 Å². The SMILES string of the molecule is CC(C)[C@@H](NC(=O)c1ccc(Cl)cc1)C(=O)Nc1cccc(S(=O)(=O)N2CCOCC2)c1. The first-order valence-corrected chi connectivity index (χ1v) is 12.1. The Bertz CT molecular complexity index is 1070. The zero-order valence-electron chi connectivity index (χ0n) is 17.9. The molecule has 10 heteroatoms. The van der Waals surface area contributed by atoms with Crippen LogP contribution in [0.5, 0.6) is 0 Å². The minimum absolute atomic E-state index is 0.0866. The number of morpholine rings is 1. The van der Waals surface area contributed by atoms with Crippen LogP contribution in [0.15, 0.2) is 53.4 Å². The van der Waals surface area contributed by atoms with Gasteiger partial charge in [0.05, 0.1) is 18.1 Å². The predicted octanol–water partition coefficient (Wildman–Crippen LogP) is 2.75. The Labute approximate surface area is 192 Å². The molecule has 2 aromatic carbocycles. The molecular formula is C22H26ClN3O5S. The summed E-state index contributed by atoms with van der Waals surface area (Å²) in [6.45, 7) is 4.88. The summed E-state index contributed by atoms with van der Waals surface area (Å²) in [5, 5.41) is 5.96. The quantitative estimate of drug-likeness (QED) is 0.635. The molecule has 2 amide bonds. The van der Waals surface area contributed by atoms with Gasteiger partial charge in [0.25, 0.3) is 5.91 Å². The van der Waals surface area contributed by atoms with Gasteiger partial charge in [0.15, 0.2) is 0 Å². The van der Waals surface area contributed by atoms with E-state index in [-0.39, 0.29) is 23.9 Å². The van der Waals surface area contributed by atoms with E-state index in [1.165, 1.54) is 16.4 Å². The molecule has 0 spiro atoms. The van der Waals surface area contributed by atoms with Crippen LogP contribution in [0.25, 0.3) is 0 Å². The number of rotatable bonds is 7. The van der Waals surface area contributed by atoms with Crippen LogP contribution < -0.4 is 10.6 Å². The fraction of sp³-hybridized carbons (Fsp3) is 0.364. The minimum Gasteiger partial charge on any atom is -0.379 e. The molecule has 1 saturated heterocycles. The molecule has 1 heterocycles. The van der Waals surface area contributed by atoms with Crippen molar-refractivity contribution in [1.29, 1.82) is 0 Å². The van der Waals surface area contributed by atoms with E-state index in [1.54, 1.807) is 36.4 Å². The molecule has 0 unspecified atom stereocenters. The summed E-state index contributed by atoms with van der Waals surface area (Å²) in [4.78, 5) is 25.6. The fourth-order valence-electron chi connectivity index (χ4n) is 3.25. The summed E-state index contributed by atoms with van der Waals surface area (Å²) >= 11 is 5.86. The van der Waals surface area contributed by atoms with Crippen molar-refractivity contribution in [3.8, 4) is 0 Å². The second-order valence-electron chi connectivity index (χ2n) is 7.74. The van der Waals surface area contributed by atoms with Gasteiger partial charge >= 0.3 is 0 Å². The molecule has 2 N–H and O–H groups in total. The first-order chi connectivity index (χ1) is 15.2. The van der Waals surface area contributed by atoms with Crippen molar-refractivity contribution in [3.63, 3.8) is 0 Å². The van der Waals surface area contributed by atoms with Gasteiger partial charge in [-0.3, -0.25) is 9.59 Å². The molecule has 3 rings (SSSR count). The third-order valence-electron chi connectivity index (χ3n) is 5.05. The highest BCUT2D eigenvalue weighted by atomic mass is 35.5. The lowest BCUT2D eigenvalue weighted by molar-refractivity contribution is -0.118. The number of nitrogens with one attached hydrogen (secondary N) is 2. The van der Waals surface area contributed by atoms with E-state index < -0.39 is 27.9 Å². The predicted molar refractivity (Wildman–Crippen MR) is 122 cm³/mol. The summed E-state index contributed by atoms with van der Waals surface area (Å²) in [6.07, 6.45) is 0. The minimum atomic E-state index is -3.69. The van der Waals surface area contributed by atoms with E-state index in [0.29, 0.717) is 29.5 Å². The molecule has 1 aliphatic heterocycles. The lowest BCUT2D eigenvalue weighted by Crippen LogP contribution is -2.47. The Morgan fingerprint density at radius 2 is 1.72 bits per heavy atom. The van der Waals surface area contributed by atoms with E-state index in [2.05, 4.69) is 10.6 Å². The number of halogens is 1. The number of anilines is 1. The van der Waals surface area contributed by atoms with Crippen molar-refractivity contribution < 1.29 is 22.7 Å². The summed E-state index contributed by atoms with van der Waals surface area (Å²) in [7, 11) is -3.69. The molecule has 172 valence electrons. The van der Waals surface area contributed by atoms with E-state index in [9.17, 15) is 18.0 Å². The molecule has 8 nitrogen and oxygen atoms in total. The van der Waals surface area contributed by atoms with Crippen molar-refractivity contribution in [2.45, 2.75) is 24.8 Å². The zero-order chi connectivity index (χ0) is 23.3. The fourth-order valence-corrected chi connectivity index (χ4v) is 4.83. The Balaban J connectivity index is 1.73. The van der Waals surface area contributed by atoms with Crippen LogP contribution in [-0.2, 0) is 19.6 Å². The van der Waals surface area contributed by atoms with Gasteiger partial charge in [0.2, 0.25) is 15.9 Å². The number of benzene rings is 2. The van der Waals surface area contributed by atoms with E-state index in [1.807, 2.05) is 13.8 Å². The van der Waals surface area contributed by atoms with Crippen LogP contribution in [0.4, 0.5) is 5.69 Å².